The fourth-order valence-electron chi connectivity index (χ4n) is 2.27. The minimum atomic E-state index is -0.563. The molecule has 0 unspecified atom stereocenters. The molecule has 0 bridgehead atoms. The maximum absolute atomic E-state index is 14.0. The van der Waals surface area contributed by atoms with Gasteiger partial charge < -0.3 is 19.5 Å². The van der Waals surface area contributed by atoms with Crippen LogP contribution in [-0.2, 0) is 6.54 Å². The second kappa shape index (κ2) is 8.37. The van der Waals surface area contributed by atoms with Crippen molar-refractivity contribution >= 4 is 5.91 Å². The Balaban J connectivity index is 2.04. The van der Waals surface area contributed by atoms with Crippen LogP contribution in [0, 0.1) is 5.82 Å². The number of nitrogens with one attached hydrogen (secondary N) is 1. The van der Waals surface area contributed by atoms with Crippen LogP contribution in [-0.4, -0.2) is 26.2 Å². The van der Waals surface area contributed by atoms with Gasteiger partial charge in [-0.25, -0.2) is 4.39 Å². The molecule has 0 heterocycles. The van der Waals surface area contributed by atoms with Gasteiger partial charge in [0, 0.05) is 12.1 Å². The van der Waals surface area contributed by atoms with Crippen LogP contribution in [0.4, 0.5) is 4.39 Å². The fourth-order valence-corrected chi connectivity index (χ4v) is 2.27. The second-order valence-corrected chi connectivity index (χ2v) is 5.68. The van der Waals surface area contributed by atoms with E-state index in [0.29, 0.717) is 11.5 Å². The number of hydrogen-bond donors (Lipinski definition) is 1. The zero-order valence-corrected chi connectivity index (χ0v) is 14.8. The molecule has 0 aromatic heterocycles. The highest BCUT2D eigenvalue weighted by Gasteiger charge is 2.12. The minimum Gasteiger partial charge on any atom is -0.493 e. The molecule has 5 nitrogen and oxygen atoms in total. The molecular weight excluding hydrogens is 325 g/mol. The van der Waals surface area contributed by atoms with Gasteiger partial charge >= 0.3 is 0 Å². The van der Waals surface area contributed by atoms with Crippen LogP contribution in [0.5, 0.6) is 17.2 Å². The number of carbonyl (C=O) groups is 1. The summed E-state index contributed by atoms with van der Waals surface area (Å²) in [6, 6.07) is 9.52. The van der Waals surface area contributed by atoms with E-state index in [1.165, 1.54) is 18.2 Å². The van der Waals surface area contributed by atoms with Gasteiger partial charge in [-0.1, -0.05) is 6.07 Å². The van der Waals surface area contributed by atoms with Crippen LogP contribution in [0.1, 0.15) is 29.8 Å². The van der Waals surface area contributed by atoms with Crippen LogP contribution >= 0.6 is 0 Å². The van der Waals surface area contributed by atoms with Gasteiger partial charge in [0.05, 0.1) is 20.3 Å². The first kappa shape index (κ1) is 18.6. The molecule has 2 aromatic rings. The van der Waals surface area contributed by atoms with Crippen LogP contribution in [0.25, 0.3) is 0 Å². The lowest BCUT2D eigenvalue weighted by atomic mass is 10.1. The number of carbonyl (C=O) groups excluding carboxylic acids is 1. The Morgan fingerprint density at radius 3 is 2.32 bits per heavy atom. The smallest absolute Gasteiger partial charge is 0.251 e. The van der Waals surface area contributed by atoms with Crippen molar-refractivity contribution in [1.29, 1.82) is 0 Å². The maximum Gasteiger partial charge on any atom is 0.251 e. The lowest BCUT2D eigenvalue weighted by Crippen LogP contribution is -2.23. The number of benzene rings is 2. The molecule has 0 radical (unpaired) electrons. The zero-order valence-electron chi connectivity index (χ0n) is 14.8. The molecular formula is C19H22FNO4. The summed E-state index contributed by atoms with van der Waals surface area (Å²) in [6.45, 7) is 3.90. The van der Waals surface area contributed by atoms with Crippen molar-refractivity contribution in [2.24, 2.45) is 0 Å². The third-order valence-corrected chi connectivity index (χ3v) is 3.46. The maximum atomic E-state index is 14.0. The van der Waals surface area contributed by atoms with Gasteiger partial charge in [-0.05, 0) is 49.7 Å². The Morgan fingerprint density at radius 2 is 1.72 bits per heavy atom. The first-order valence-corrected chi connectivity index (χ1v) is 7.90. The molecule has 0 aliphatic carbocycles. The van der Waals surface area contributed by atoms with E-state index in [-0.39, 0.29) is 29.9 Å². The monoisotopic (exact) mass is 347 g/mol. The molecule has 0 fully saturated rings. The average molecular weight is 347 g/mol. The molecule has 25 heavy (non-hydrogen) atoms. The van der Waals surface area contributed by atoms with Crippen LogP contribution in [0.2, 0.25) is 0 Å². The topological polar surface area (TPSA) is 56.8 Å². The van der Waals surface area contributed by atoms with Gasteiger partial charge in [-0.15, -0.1) is 0 Å². The van der Waals surface area contributed by atoms with Crippen molar-refractivity contribution in [1.82, 2.24) is 5.32 Å². The SMILES string of the molecule is COc1ccc(CNC(=O)c2ccc(OC(C)C)c(F)c2)cc1OC. The number of halogens is 1. The molecule has 134 valence electrons. The van der Waals surface area contributed by atoms with Crippen molar-refractivity contribution in [2.75, 3.05) is 14.2 Å². The van der Waals surface area contributed by atoms with Crippen molar-refractivity contribution in [2.45, 2.75) is 26.5 Å². The predicted octanol–water partition coefficient (Wildman–Crippen LogP) is 3.56. The van der Waals surface area contributed by atoms with Crippen LogP contribution in [0.3, 0.4) is 0 Å². The predicted molar refractivity (Wildman–Crippen MR) is 92.9 cm³/mol. The molecule has 0 saturated heterocycles. The summed E-state index contributed by atoms with van der Waals surface area (Å²) in [4.78, 5) is 12.2. The summed E-state index contributed by atoms with van der Waals surface area (Å²) < 4.78 is 29.7. The molecule has 2 rings (SSSR count). The van der Waals surface area contributed by atoms with Gasteiger partial charge in [-0.2, -0.15) is 0 Å². The summed E-state index contributed by atoms with van der Waals surface area (Å²) in [7, 11) is 3.10. The van der Waals surface area contributed by atoms with Gasteiger partial charge in [0.15, 0.2) is 23.1 Å². The van der Waals surface area contributed by atoms with E-state index in [9.17, 15) is 9.18 Å². The first-order valence-electron chi connectivity index (χ1n) is 7.90. The van der Waals surface area contributed by atoms with E-state index in [4.69, 9.17) is 14.2 Å². The van der Waals surface area contributed by atoms with Crippen molar-refractivity contribution in [3.63, 3.8) is 0 Å². The van der Waals surface area contributed by atoms with E-state index in [1.54, 1.807) is 26.4 Å². The highest BCUT2D eigenvalue weighted by molar-refractivity contribution is 5.94. The van der Waals surface area contributed by atoms with E-state index in [2.05, 4.69) is 5.32 Å². The Labute approximate surface area is 146 Å². The summed E-state index contributed by atoms with van der Waals surface area (Å²) in [6.07, 6.45) is -0.140. The number of hydrogen-bond acceptors (Lipinski definition) is 4. The Kier molecular flexibility index (Phi) is 6.22. The second-order valence-electron chi connectivity index (χ2n) is 5.68. The largest absolute Gasteiger partial charge is 0.493 e. The number of rotatable bonds is 7. The van der Waals surface area contributed by atoms with Crippen molar-refractivity contribution in [3.05, 3.63) is 53.3 Å². The Morgan fingerprint density at radius 1 is 1.04 bits per heavy atom. The molecule has 2 aromatic carbocycles. The standard InChI is InChI=1S/C19H22FNO4/c1-12(2)25-16-8-6-14(10-15(16)20)19(22)21-11-13-5-7-17(23-3)18(9-13)24-4/h5-10,12H,11H2,1-4H3,(H,21,22). The molecule has 0 aliphatic heterocycles. The van der Waals surface area contributed by atoms with Gasteiger partial charge in [0.1, 0.15) is 0 Å². The first-order chi connectivity index (χ1) is 11.9. The summed E-state index contributed by atoms with van der Waals surface area (Å²) >= 11 is 0. The molecule has 1 amide bonds. The van der Waals surface area contributed by atoms with Gasteiger partial charge in [0.2, 0.25) is 0 Å². The van der Waals surface area contributed by atoms with Crippen LogP contribution in [0.15, 0.2) is 36.4 Å². The summed E-state index contributed by atoms with van der Waals surface area (Å²) in [5, 5.41) is 2.75. The van der Waals surface area contributed by atoms with E-state index in [0.717, 1.165) is 5.56 Å². The highest BCUT2D eigenvalue weighted by Crippen LogP contribution is 2.27. The fraction of sp³-hybridized carbons (Fsp3) is 0.316. The molecule has 0 saturated carbocycles. The average Bonchev–Trinajstić information content (AvgIpc) is 2.60. The third kappa shape index (κ3) is 4.86. The number of methoxy groups -OCH3 is 2. The minimum absolute atomic E-state index is 0.131. The van der Waals surface area contributed by atoms with Crippen molar-refractivity contribution < 1.29 is 23.4 Å². The van der Waals surface area contributed by atoms with Gasteiger partial charge in [-0.3, -0.25) is 4.79 Å². The molecule has 6 heteroatoms. The number of amides is 1. The van der Waals surface area contributed by atoms with E-state index in [1.807, 2.05) is 19.9 Å². The lowest BCUT2D eigenvalue weighted by Gasteiger charge is -2.12. The molecule has 1 N–H and O–H groups in total. The zero-order chi connectivity index (χ0) is 18.4. The lowest BCUT2D eigenvalue weighted by molar-refractivity contribution is 0.0950. The highest BCUT2D eigenvalue weighted by atomic mass is 19.1. The third-order valence-electron chi connectivity index (χ3n) is 3.46. The normalized spacial score (nSPS) is 10.5. The van der Waals surface area contributed by atoms with Gasteiger partial charge in [0.25, 0.3) is 5.91 Å². The molecule has 0 spiro atoms. The van der Waals surface area contributed by atoms with Crippen LogP contribution < -0.4 is 19.5 Å². The van der Waals surface area contributed by atoms with Crippen molar-refractivity contribution in [3.8, 4) is 17.2 Å². The summed E-state index contributed by atoms with van der Waals surface area (Å²) in [5.41, 5.74) is 1.07. The Bertz CT molecular complexity index is 746. The summed E-state index contributed by atoms with van der Waals surface area (Å²) in [5.74, 6) is 0.388. The number of ether oxygens (including phenoxy) is 3. The quantitative estimate of drug-likeness (QED) is 0.832. The van der Waals surface area contributed by atoms with E-state index < -0.39 is 5.82 Å². The molecule has 0 atom stereocenters. The molecule has 0 aliphatic rings. The van der Waals surface area contributed by atoms with E-state index >= 15 is 0 Å². The Hall–Kier alpha value is -2.76.